The predicted molar refractivity (Wildman–Crippen MR) is 88.2 cm³/mol. The lowest BCUT2D eigenvalue weighted by molar-refractivity contribution is -0.137. The largest absolute Gasteiger partial charge is 0.481 e. The third-order valence-corrected chi connectivity index (χ3v) is 2.81. The van der Waals surface area contributed by atoms with Crippen molar-refractivity contribution in [3.63, 3.8) is 0 Å². The number of rotatable bonds is 12. The van der Waals surface area contributed by atoms with Gasteiger partial charge in [-0.15, -0.1) is 0 Å². The van der Waals surface area contributed by atoms with E-state index in [-0.39, 0.29) is 6.42 Å². The number of allylic oxidation sites excluding steroid dienone is 6. The molecule has 1 unspecified atom stereocenters. The lowest BCUT2D eigenvalue weighted by atomic mass is 10.2. The quantitative estimate of drug-likeness (QED) is 0.318. The fourth-order valence-corrected chi connectivity index (χ4v) is 1.66. The number of carbonyl (C=O) groups is 1. The number of aliphatic carboxylic acids is 1. The molecule has 0 aliphatic heterocycles. The van der Waals surface area contributed by atoms with E-state index in [0.717, 1.165) is 25.7 Å². The van der Waals surface area contributed by atoms with Gasteiger partial charge in [0.05, 0.1) is 6.10 Å². The van der Waals surface area contributed by atoms with Crippen molar-refractivity contribution in [3.05, 3.63) is 48.6 Å². The SMILES string of the molecule is CCC=CCC=CCC(O)C=CC=CCCCCC(=O)O. The molecule has 0 saturated carbocycles. The van der Waals surface area contributed by atoms with E-state index in [2.05, 4.69) is 25.2 Å². The molecule has 3 nitrogen and oxygen atoms in total. The molecular formula is C18H28O3. The average Bonchev–Trinajstić information content (AvgIpc) is 2.45. The topological polar surface area (TPSA) is 57.5 Å². The van der Waals surface area contributed by atoms with Crippen LogP contribution in [0.25, 0.3) is 0 Å². The fourth-order valence-electron chi connectivity index (χ4n) is 1.66. The van der Waals surface area contributed by atoms with Crippen molar-refractivity contribution in [3.8, 4) is 0 Å². The first kappa shape index (κ1) is 19.4. The summed E-state index contributed by atoms with van der Waals surface area (Å²) in [5.74, 6) is -0.736. The van der Waals surface area contributed by atoms with Crippen LogP contribution in [0.4, 0.5) is 0 Å². The van der Waals surface area contributed by atoms with Crippen molar-refractivity contribution in [1.82, 2.24) is 0 Å². The minimum atomic E-state index is -0.736. The summed E-state index contributed by atoms with van der Waals surface area (Å²) in [6, 6.07) is 0. The number of hydrogen-bond donors (Lipinski definition) is 2. The molecule has 21 heavy (non-hydrogen) atoms. The summed E-state index contributed by atoms with van der Waals surface area (Å²) in [6.07, 6.45) is 20.6. The van der Waals surface area contributed by atoms with Gasteiger partial charge in [0.2, 0.25) is 0 Å². The van der Waals surface area contributed by atoms with Gasteiger partial charge >= 0.3 is 5.97 Å². The highest BCUT2D eigenvalue weighted by Crippen LogP contribution is 2.01. The average molecular weight is 292 g/mol. The van der Waals surface area contributed by atoms with E-state index in [4.69, 9.17) is 5.11 Å². The third kappa shape index (κ3) is 16.3. The van der Waals surface area contributed by atoms with Gasteiger partial charge in [0, 0.05) is 6.42 Å². The highest BCUT2D eigenvalue weighted by Gasteiger charge is 1.94. The Balaban J connectivity index is 3.62. The van der Waals surface area contributed by atoms with Crippen LogP contribution in [0.15, 0.2) is 48.6 Å². The molecule has 0 amide bonds. The first-order chi connectivity index (χ1) is 10.2. The van der Waals surface area contributed by atoms with Crippen molar-refractivity contribution < 1.29 is 15.0 Å². The predicted octanol–water partition coefficient (Wildman–Crippen LogP) is 4.41. The Morgan fingerprint density at radius 2 is 1.81 bits per heavy atom. The summed E-state index contributed by atoms with van der Waals surface area (Å²) >= 11 is 0. The first-order valence-corrected chi connectivity index (χ1v) is 7.70. The van der Waals surface area contributed by atoms with Crippen LogP contribution in [-0.4, -0.2) is 22.3 Å². The van der Waals surface area contributed by atoms with Crippen LogP contribution in [0.1, 0.15) is 51.9 Å². The van der Waals surface area contributed by atoms with Gasteiger partial charge < -0.3 is 10.2 Å². The van der Waals surface area contributed by atoms with E-state index < -0.39 is 12.1 Å². The molecule has 2 N–H and O–H groups in total. The van der Waals surface area contributed by atoms with Gasteiger partial charge in [-0.2, -0.15) is 0 Å². The van der Waals surface area contributed by atoms with Gasteiger partial charge in [-0.1, -0.05) is 55.5 Å². The van der Waals surface area contributed by atoms with Gasteiger partial charge in [-0.3, -0.25) is 4.79 Å². The van der Waals surface area contributed by atoms with Crippen LogP contribution in [0.3, 0.4) is 0 Å². The maximum Gasteiger partial charge on any atom is 0.303 e. The molecule has 0 heterocycles. The van der Waals surface area contributed by atoms with E-state index >= 15 is 0 Å². The molecule has 118 valence electrons. The lowest BCUT2D eigenvalue weighted by Crippen LogP contribution is -1.98. The molecule has 0 fully saturated rings. The zero-order chi connectivity index (χ0) is 15.8. The molecule has 3 heteroatoms. The minimum absolute atomic E-state index is 0.238. The highest BCUT2D eigenvalue weighted by atomic mass is 16.4. The Morgan fingerprint density at radius 1 is 1.05 bits per heavy atom. The fraction of sp³-hybridized carbons (Fsp3) is 0.500. The smallest absolute Gasteiger partial charge is 0.303 e. The molecule has 0 aromatic heterocycles. The van der Waals surface area contributed by atoms with Gasteiger partial charge in [0.15, 0.2) is 0 Å². The monoisotopic (exact) mass is 292 g/mol. The van der Waals surface area contributed by atoms with E-state index in [9.17, 15) is 9.90 Å². The second-order valence-electron chi connectivity index (χ2n) is 4.84. The van der Waals surface area contributed by atoms with E-state index in [1.54, 1.807) is 6.08 Å². The molecule has 0 aromatic carbocycles. The van der Waals surface area contributed by atoms with Crippen LogP contribution in [0.2, 0.25) is 0 Å². The number of aliphatic hydroxyl groups excluding tert-OH is 1. The third-order valence-electron chi connectivity index (χ3n) is 2.81. The van der Waals surface area contributed by atoms with Gasteiger partial charge in [-0.05, 0) is 38.5 Å². The Morgan fingerprint density at radius 3 is 2.52 bits per heavy atom. The van der Waals surface area contributed by atoms with Crippen molar-refractivity contribution in [2.75, 3.05) is 0 Å². The van der Waals surface area contributed by atoms with Crippen LogP contribution < -0.4 is 0 Å². The minimum Gasteiger partial charge on any atom is -0.481 e. The Bertz CT molecular complexity index is 365. The number of aliphatic hydroxyl groups is 1. The van der Waals surface area contributed by atoms with Crippen molar-refractivity contribution in [2.24, 2.45) is 0 Å². The molecule has 0 aromatic rings. The second kappa shape index (κ2) is 14.8. The van der Waals surface area contributed by atoms with Crippen LogP contribution >= 0.6 is 0 Å². The summed E-state index contributed by atoms with van der Waals surface area (Å²) in [6.45, 7) is 2.11. The molecule has 1 atom stereocenters. The first-order valence-electron chi connectivity index (χ1n) is 7.70. The van der Waals surface area contributed by atoms with E-state index in [1.807, 2.05) is 24.3 Å². The Labute approximate surface area is 128 Å². The highest BCUT2D eigenvalue weighted by molar-refractivity contribution is 5.66. The molecule has 0 radical (unpaired) electrons. The number of unbranched alkanes of at least 4 members (excludes halogenated alkanes) is 2. The van der Waals surface area contributed by atoms with Crippen LogP contribution in [-0.2, 0) is 4.79 Å². The molecule has 0 spiro atoms. The molecule has 0 aliphatic rings. The van der Waals surface area contributed by atoms with Crippen LogP contribution in [0, 0.1) is 0 Å². The molecule has 0 aliphatic carbocycles. The Hall–Kier alpha value is -1.61. The molecule has 0 rings (SSSR count). The van der Waals surface area contributed by atoms with Gasteiger partial charge in [0.25, 0.3) is 0 Å². The zero-order valence-corrected chi connectivity index (χ0v) is 12.9. The van der Waals surface area contributed by atoms with Crippen molar-refractivity contribution in [2.45, 2.75) is 58.0 Å². The van der Waals surface area contributed by atoms with Crippen molar-refractivity contribution >= 4 is 5.97 Å². The standard InChI is InChI=1S/C18H28O3/c1-2-3-4-5-8-11-14-17(19)15-12-9-6-7-10-13-16-18(20)21/h3-4,6,8-9,11-12,15,17,19H,2,5,7,10,13-14,16H2,1H3,(H,20,21). The summed E-state index contributed by atoms with van der Waals surface area (Å²) < 4.78 is 0. The summed E-state index contributed by atoms with van der Waals surface area (Å²) in [7, 11) is 0. The van der Waals surface area contributed by atoms with E-state index in [0.29, 0.717) is 12.8 Å². The lowest BCUT2D eigenvalue weighted by Gasteiger charge is -1.98. The van der Waals surface area contributed by atoms with E-state index in [1.165, 1.54) is 0 Å². The van der Waals surface area contributed by atoms with Crippen molar-refractivity contribution in [1.29, 1.82) is 0 Å². The number of hydrogen-bond acceptors (Lipinski definition) is 2. The van der Waals surface area contributed by atoms with Gasteiger partial charge in [-0.25, -0.2) is 0 Å². The second-order valence-corrected chi connectivity index (χ2v) is 4.84. The normalized spacial score (nSPS) is 14.0. The molecule has 0 saturated heterocycles. The summed E-state index contributed by atoms with van der Waals surface area (Å²) in [5, 5.41) is 18.2. The summed E-state index contributed by atoms with van der Waals surface area (Å²) in [5.41, 5.74) is 0. The van der Waals surface area contributed by atoms with Crippen LogP contribution in [0.5, 0.6) is 0 Å². The summed E-state index contributed by atoms with van der Waals surface area (Å²) in [4.78, 5) is 10.3. The number of carboxylic acids is 1. The molecular weight excluding hydrogens is 264 g/mol. The maximum atomic E-state index is 10.3. The number of carboxylic acid groups (broad SMARTS) is 1. The Kier molecular flexibility index (Phi) is 13.7. The zero-order valence-electron chi connectivity index (χ0n) is 12.9. The maximum absolute atomic E-state index is 10.3. The van der Waals surface area contributed by atoms with Gasteiger partial charge in [0.1, 0.15) is 0 Å². The molecule has 0 bridgehead atoms.